The molecular weight excluding hydrogens is 237 g/mol. The third-order valence-electron chi connectivity index (χ3n) is 4.97. The maximum Gasteiger partial charge on any atom is 0.126 e. The molecule has 2 saturated carbocycles. The first-order valence-corrected chi connectivity index (χ1v) is 7.73. The van der Waals surface area contributed by atoms with Gasteiger partial charge in [-0.15, -0.1) is 0 Å². The lowest BCUT2D eigenvalue weighted by atomic mass is 9.75. The quantitative estimate of drug-likeness (QED) is 0.858. The molecule has 1 aromatic carbocycles. The maximum absolute atomic E-state index is 13.7. The highest BCUT2D eigenvalue weighted by atomic mass is 19.1. The van der Waals surface area contributed by atoms with Crippen LogP contribution in [-0.2, 0) is 0 Å². The zero-order chi connectivity index (χ0) is 13.2. The zero-order valence-corrected chi connectivity index (χ0v) is 11.7. The third-order valence-corrected chi connectivity index (χ3v) is 4.97. The minimum Gasteiger partial charge on any atom is -0.311 e. The number of nitrogens with one attached hydrogen (secondary N) is 1. The monoisotopic (exact) mass is 261 g/mol. The van der Waals surface area contributed by atoms with Crippen molar-refractivity contribution < 1.29 is 4.39 Å². The fourth-order valence-corrected chi connectivity index (χ4v) is 3.57. The van der Waals surface area contributed by atoms with Crippen molar-refractivity contribution >= 4 is 0 Å². The molecule has 1 aromatic rings. The van der Waals surface area contributed by atoms with E-state index in [4.69, 9.17) is 0 Å². The normalized spacial score (nSPS) is 34.8. The molecule has 19 heavy (non-hydrogen) atoms. The van der Waals surface area contributed by atoms with Crippen LogP contribution in [-0.4, -0.2) is 12.1 Å². The van der Waals surface area contributed by atoms with Crippen LogP contribution in [0.25, 0.3) is 0 Å². The van der Waals surface area contributed by atoms with Gasteiger partial charge in [-0.25, -0.2) is 4.39 Å². The molecule has 0 amide bonds. The number of rotatable bonds is 3. The summed E-state index contributed by atoms with van der Waals surface area (Å²) in [6, 6.07) is 8.57. The Balaban J connectivity index is 1.47. The Kier molecular flexibility index (Phi) is 3.88. The van der Waals surface area contributed by atoms with E-state index in [0.717, 1.165) is 24.3 Å². The molecule has 2 heteroatoms. The van der Waals surface area contributed by atoms with Crippen molar-refractivity contribution in [2.75, 3.05) is 0 Å². The summed E-state index contributed by atoms with van der Waals surface area (Å²) in [5.41, 5.74) is 0.915. The molecule has 104 valence electrons. The van der Waals surface area contributed by atoms with Crippen molar-refractivity contribution in [2.45, 2.75) is 63.5 Å². The van der Waals surface area contributed by atoms with Crippen LogP contribution < -0.4 is 5.32 Å². The van der Waals surface area contributed by atoms with Crippen LogP contribution in [0.5, 0.6) is 0 Å². The van der Waals surface area contributed by atoms with E-state index in [0.29, 0.717) is 18.0 Å². The molecule has 0 bridgehead atoms. The molecule has 0 aliphatic heterocycles. The van der Waals surface area contributed by atoms with Crippen LogP contribution in [0.3, 0.4) is 0 Å². The van der Waals surface area contributed by atoms with E-state index in [1.54, 1.807) is 12.1 Å². The van der Waals surface area contributed by atoms with Gasteiger partial charge in [-0.1, -0.05) is 25.1 Å². The number of halogens is 1. The van der Waals surface area contributed by atoms with Gasteiger partial charge in [0.05, 0.1) is 0 Å². The van der Waals surface area contributed by atoms with Gasteiger partial charge in [0.25, 0.3) is 0 Å². The van der Waals surface area contributed by atoms with Crippen molar-refractivity contribution in [3.05, 3.63) is 35.6 Å². The van der Waals surface area contributed by atoms with Gasteiger partial charge in [-0.05, 0) is 62.0 Å². The molecule has 0 radical (unpaired) electrons. The second-order valence-corrected chi connectivity index (χ2v) is 6.51. The largest absolute Gasteiger partial charge is 0.311 e. The van der Waals surface area contributed by atoms with Crippen molar-refractivity contribution in [3.8, 4) is 0 Å². The standard InChI is InChI=1S/C17H24FN/c1-12-6-8-14(9-7-12)19-15-10-13(11-15)16-4-2-3-5-17(16)18/h2-5,12-15,19H,6-11H2,1H3. The smallest absolute Gasteiger partial charge is 0.126 e. The molecular formula is C17H24FN. The first-order valence-electron chi connectivity index (χ1n) is 7.73. The van der Waals surface area contributed by atoms with Crippen LogP contribution in [0, 0.1) is 11.7 Å². The highest BCUT2D eigenvalue weighted by Gasteiger charge is 2.33. The lowest BCUT2D eigenvalue weighted by Crippen LogP contribution is -2.46. The molecule has 1 N–H and O–H groups in total. The van der Waals surface area contributed by atoms with Gasteiger partial charge < -0.3 is 5.32 Å². The lowest BCUT2D eigenvalue weighted by molar-refractivity contribution is 0.219. The van der Waals surface area contributed by atoms with Gasteiger partial charge in [-0.2, -0.15) is 0 Å². The van der Waals surface area contributed by atoms with Gasteiger partial charge in [0.15, 0.2) is 0 Å². The summed E-state index contributed by atoms with van der Waals surface area (Å²) in [6.45, 7) is 2.35. The average Bonchev–Trinajstić information content (AvgIpc) is 2.37. The number of benzene rings is 1. The highest BCUT2D eigenvalue weighted by Crippen LogP contribution is 2.38. The Bertz CT molecular complexity index is 417. The predicted molar refractivity (Wildman–Crippen MR) is 76.7 cm³/mol. The summed E-state index contributed by atoms with van der Waals surface area (Å²) in [5, 5.41) is 3.77. The summed E-state index contributed by atoms with van der Waals surface area (Å²) in [5.74, 6) is 1.31. The van der Waals surface area contributed by atoms with E-state index in [9.17, 15) is 4.39 Å². The van der Waals surface area contributed by atoms with Gasteiger partial charge >= 0.3 is 0 Å². The second-order valence-electron chi connectivity index (χ2n) is 6.51. The Morgan fingerprint density at radius 2 is 1.68 bits per heavy atom. The van der Waals surface area contributed by atoms with Gasteiger partial charge in [0, 0.05) is 12.1 Å². The SMILES string of the molecule is CC1CCC(NC2CC(c3ccccc3F)C2)CC1. The van der Waals surface area contributed by atoms with Gasteiger partial charge in [0.2, 0.25) is 0 Å². The van der Waals surface area contributed by atoms with Crippen molar-refractivity contribution in [1.29, 1.82) is 0 Å². The van der Waals surface area contributed by atoms with Crippen molar-refractivity contribution in [2.24, 2.45) is 5.92 Å². The summed E-state index contributed by atoms with van der Waals surface area (Å²) >= 11 is 0. The highest BCUT2D eigenvalue weighted by molar-refractivity contribution is 5.24. The van der Waals surface area contributed by atoms with E-state index in [1.807, 2.05) is 12.1 Å². The van der Waals surface area contributed by atoms with Gasteiger partial charge in [0.1, 0.15) is 5.82 Å². The summed E-state index contributed by atoms with van der Waals surface area (Å²) < 4.78 is 13.7. The maximum atomic E-state index is 13.7. The molecule has 2 fully saturated rings. The van der Waals surface area contributed by atoms with Crippen LogP contribution in [0.15, 0.2) is 24.3 Å². The van der Waals surface area contributed by atoms with Crippen LogP contribution in [0.2, 0.25) is 0 Å². The Morgan fingerprint density at radius 3 is 2.37 bits per heavy atom. The molecule has 0 saturated heterocycles. The topological polar surface area (TPSA) is 12.0 Å². The third kappa shape index (κ3) is 3.00. The minimum atomic E-state index is -0.0301. The summed E-state index contributed by atoms with van der Waals surface area (Å²) in [6.07, 6.45) is 7.58. The zero-order valence-electron chi connectivity index (χ0n) is 11.7. The van der Waals surface area contributed by atoms with E-state index < -0.39 is 0 Å². The van der Waals surface area contributed by atoms with Crippen molar-refractivity contribution in [3.63, 3.8) is 0 Å². The molecule has 0 heterocycles. The fourth-order valence-electron chi connectivity index (χ4n) is 3.57. The first-order chi connectivity index (χ1) is 9.22. The Hall–Kier alpha value is -0.890. The average molecular weight is 261 g/mol. The molecule has 2 aliphatic rings. The summed E-state index contributed by atoms with van der Waals surface area (Å²) in [7, 11) is 0. The lowest BCUT2D eigenvalue weighted by Gasteiger charge is -2.40. The molecule has 0 unspecified atom stereocenters. The van der Waals surface area contributed by atoms with E-state index in [2.05, 4.69) is 12.2 Å². The number of hydrogen-bond acceptors (Lipinski definition) is 1. The van der Waals surface area contributed by atoms with Crippen LogP contribution >= 0.6 is 0 Å². The van der Waals surface area contributed by atoms with Gasteiger partial charge in [-0.3, -0.25) is 0 Å². The van der Waals surface area contributed by atoms with Crippen LogP contribution in [0.4, 0.5) is 4.39 Å². The first kappa shape index (κ1) is 13.1. The van der Waals surface area contributed by atoms with Crippen LogP contribution in [0.1, 0.15) is 56.9 Å². The Labute approximate surface area is 115 Å². The van der Waals surface area contributed by atoms with Crippen molar-refractivity contribution in [1.82, 2.24) is 5.32 Å². The molecule has 1 nitrogen and oxygen atoms in total. The fraction of sp³-hybridized carbons (Fsp3) is 0.647. The molecule has 0 atom stereocenters. The van der Waals surface area contributed by atoms with E-state index >= 15 is 0 Å². The molecule has 0 aromatic heterocycles. The minimum absolute atomic E-state index is 0.0301. The molecule has 3 rings (SSSR count). The second kappa shape index (κ2) is 5.62. The summed E-state index contributed by atoms with van der Waals surface area (Å²) in [4.78, 5) is 0. The molecule has 2 aliphatic carbocycles. The van der Waals surface area contributed by atoms with E-state index in [1.165, 1.54) is 25.7 Å². The number of hydrogen-bond donors (Lipinski definition) is 1. The van der Waals surface area contributed by atoms with E-state index in [-0.39, 0.29) is 5.82 Å². The predicted octanol–water partition coefficient (Wildman–Crippen LogP) is 4.24. The molecule has 0 spiro atoms. The Morgan fingerprint density at radius 1 is 1.00 bits per heavy atom.